The number of rotatable bonds is 5. The van der Waals surface area contributed by atoms with Crippen molar-refractivity contribution in [1.82, 2.24) is 9.62 Å². The Balaban J connectivity index is 2.33. The van der Waals surface area contributed by atoms with Crippen LogP contribution in [0.25, 0.3) is 0 Å². The van der Waals surface area contributed by atoms with Crippen molar-refractivity contribution in [2.24, 2.45) is 0 Å². The summed E-state index contributed by atoms with van der Waals surface area (Å²) in [5, 5.41) is 2.93. The number of sulfonamides is 1. The van der Waals surface area contributed by atoms with E-state index < -0.39 is 10.0 Å². The maximum Gasteiger partial charge on any atom is 0.247 e. The van der Waals surface area contributed by atoms with Crippen LogP contribution in [0.4, 0.5) is 0 Å². The lowest BCUT2D eigenvalue weighted by molar-refractivity contribution is 0.0314. The van der Waals surface area contributed by atoms with E-state index in [4.69, 9.17) is 9.15 Å². The molecule has 1 fully saturated rings. The van der Waals surface area contributed by atoms with Gasteiger partial charge in [0, 0.05) is 18.7 Å². The average molecular weight is 367 g/mol. The van der Waals surface area contributed by atoms with Crippen molar-refractivity contribution in [3.05, 3.63) is 16.5 Å². The standard InChI is InChI=1S/C12H19BrN2O4S/c1-3-9-8-18-5-4-15(9)20(16,17)11-6-10(7-14-2)19-12(11)13/h6,9,14H,3-5,7-8H2,1-2H3. The molecule has 0 saturated carbocycles. The first-order valence-corrected chi connectivity index (χ1v) is 8.76. The summed E-state index contributed by atoms with van der Waals surface area (Å²) in [5.41, 5.74) is 0. The Morgan fingerprint density at radius 2 is 2.30 bits per heavy atom. The van der Waals surface area contributed by atoms with Gasteiger partial charge < -0.3 is 14.5 Å². The molecule has 1 aliphatic heterocycles. The molecule has 0 aromatic carbocycles. The second kappa shape index (κ2) is 6.57. The summed E-state index contributed by atoms with van der Waals surface area (Å²) < 4.78 is 38.0. The van der Waals surface area contributed by atoms with Crippen LogP contribution in [0.3, 0.4) is 0 Å². The van der Waals surface area contributed by atoms with Crippen molar-refractivity contribution in [2.45, 2.75) is 30.8 Å². The lowest BCUT2D eigenvalue weighted by Gasteiger charge is -2.33. The smallest absolute Gasteiger partial charge is 0.247 e. The summed E-state index contributed by atoms with van der Waals surface area (Å²) in [4.78, 5) is 0.183. The van der Waals surface area contributed by atoms with Crippen molar-refractivity contribution >= 4 is 26.0 Å². The highest BCUT2D eigenvalue weighted by atomic mass is 79.9. The van der Waals surface area contributed by atoms with Gasteiger partial charge in [-0.1, -0.05) is 6.92 Å². The molecule has 0 radical (unpaired) electrons. The second-order valence-corrected chi connectivity index (χ2v) is 7.21. The van der Waals surface area contributed by atoms with Gasteiger partial charge in [0.1, 0.15) is 10.7 Å². The largest absolute Gasteiger partial charge is 0.452 e. The predicted octanol–water partition coefficient (Wildman–Crippen LogP) is 1.56. The molecule has 0 aliphatic carbocycles. The van der Waals surface area contributed by atoms with Gasteiger partial charge in [-0.3, -0.25) is 0 Å². The number of furan rings is 1. The Hall–Kier alpha value is -0.410. The zero-order valence-corrected chi connectivity index (χ0v) is 14.0. The quantitative estimate of drug-likeness (QED) is 0.855. The van der Waals surface area contributed by atoms with Crippen LogP contribution in [-0.2, 0) is 21.3 Å². The van der Waals surface area contributed by atoms with Crippen LogP contribution in [0.1, 0.15) is 19.1 Å². The van der Waals surface area contributed by atoms with Gasteiger partial charge in [0.25, 0.3) is 0 Å². The zero-order valence-electron chi connectivity index (χ0n) is 11.6. The molecule has 1 unspecified atom stereocenters. The minimum atomic E-state index is -3.57. The molecule has 1 aromatic heterocycles. The van der Waals surface area contributed by atoms with E-state index >= 15 is 0 Å². The van der Waals surface area contributed by atoms with Crippen LogP contribution in [0.15, 0.2) is 20.0 Å². The number of ether oxygens (including phenoxy) is 1. The van der Waals surface area contributed by atoms with E-state index in [1.165, 1.54) is 4.31 Å². The molecule has 1 N–H and O–H groups in total. The summed E-state index contributed by atoms with van der Waals surface area (Å²) in [6.45, 7) is 3.68. The van der Waals surface area contributed by atoms with Crippen LogP contribution in [0.2, 0.25) is 0 Å². The molecular formula is C12H19BrN2O4S. The highest BCUT2D eigenvalue weighted by molar-refractivity contribution is 9.10. The molecule has 0 bridgehead atoms. The Kier molecular flexibility index (Phi) is 5.25. The molecule has 20 heavy (non-hydrogen) atoms. The van der Waals surface area contributed by atoms with Crippen LogP contribution in [0, 0.1) is 0 Å². The third kappa shape index (κ3) is 3.09. The van der Waals surface area contributed by atoms with Crippen molar-refractivity contribution in [1.29, 1.82) is 0 Å². The van der Waals surface area contributed by atoms with E-state index in [-0.39, 0.29) is 15.6 Å². The van der Waals surface area contributed by atoms with Gasteiger partial charge in [0.05, 0.1) is 19.8 Å². The summed E-state index contributed by atoms with van der Waals surface area (Å²) in [7, 11) is -1.79. The number of halogens is 1. The molecule has 2 heterocycles. The molecule has 2 rings (SSSR count). The fraction of sp³-hybridized carbons (Fsp3) is 0.667. The van der Waals surface area contributed by atoms with Gasteiger partial charge in [-0.25, -0.2) is 8.42 Å². The number of hydrogen-bond donors (Lipinski definition) is 1. The average Bonchev–Trinajstić information content (AvgIpc) is 2.81. The molecule has 0 spiro atoms. The zero-order chi connectivity index (χ0) is 14.8. The van der Waals surface area contributed by atoms with Gasteiger partial charge in [0.15, 0.2) is 4.67 Å². The fourth-order valence-electron chi connectivity index (χ4n) is 2.24. The van der Waals surface area contributed by atoms with Crippen molar-refractivity contribution in [2.75, 3.05) is 26.8 Å². The molecular weight excluding hydrogens is 348 g/mol. The monoisotopic (exact) mass is 366 g/mol. The number of hydrogen-bond acceptors (Lipinski definition) is 5. The summed E-state index contributed by atoms with van der Waals surface area (Å²) in [6.07, 6.45) is 0.720. The topological polar surface area (TPSA) is 71.8 Å². The van der Waals surface area contributed by atoms with Crippen molar-refractivity contribution in [3.63, 3.8) is 0 Å². The normalized spacial score (nSPS) is 21.2. The van der Waals surface area contributed by atoms with E-state index in [2.05, 4.69) is 21.2 Å². The minimum absolute atomic E-state index is 0.122. The molecule has 1 saturated heterocycles. The Bertz CT molecular complexity index is 558. The number of nitrogens with one attached hydrogen (secondary N) is 1. The predicted molar refractivity (Wildman–Crippen MR) is 78.0 cm³/mol. The molecule has 6 nitrogen and oxygen atoms in total. The van der Waals surface area contributed by atoms with Gasteiger partial charge in [-0.15, -0.1) is 0 Å². The lowest BCUT2D eigenvalue weighted by atomic mass is 10.2. The third-order valence-corrected chi connectivity index (χ3v) is 6.10. The SMILES string of the molecule is CCC1COCCN1S(=O)(=O)c1cc(CNC)oc1Br. The van der Waals surface area contributed by atoms with E-state index in [9.17, 15) is 8.42 Å². The number of morpholine rings is 1. The van der Waals surface area contributed by atoms with Crippen molar-refractivity contribution in [3.8, 4) is 0 Å². The highest BCUT2D eigenvalue weighted by Gasteiger charge is 2.35. The molecule has 0 amide bonds. The first-order valence-electron chi connectivity index (χ1n) is 6.53. The first kappa shape index (κ1) is 16.0. The molecule has 1 atom stereocenters. The van der Waals surface area contributed by atoms with Crippen LogP contribution >= 0.6 is 15.9 Å². The van der Waals surface area contributed by atoms with E-state index in [1.54, 1.807) is 13.1 Å². The molecule has 8 heteroatoms. The van der Waals surface area contributed by atoms with Crippen molar-refractivity contribution < 1.29 is 17.6 Å². The summed E-state index contributed by atoms with van der Waals surface area (Å²) in [5.74, 6) is 0.583. The Morgan fingerprint density at radius 3 is 2.95 bits per heavy atom. The van der Waals surface area contributed by atoms with Crippen LogP contribution in [-0.4, -0.2) is 45.6 Å². The second-order valence-electron chi connectivity index (χ2n) is 4.63. The number of nitrogens with zero attached hydrogens (tertiary/aromatic N) is 1. The minimum Gasteiger partial charge on any atom is -0.452 e. The summed E-state index contributed by atoms with van der Waals surface area (Å²) >= 11 is 3.20. The fourth-order valence-corrected chi connectivity index (χ4v) is 4.87. The first-order chi connectivity index (χ1) is 9.50. The maximum absolute atomic E-state index is 12.8. The van der Waals surface area contributed by atoms with E-state index in [0.717, 1.165) is 6.42 Å². The van der Waals surface area contributed by atoms with E-state index in [1.807, 2.05) is 6.92 Å². The summed E-state index contributed by atoms with van der Waals surface area (Å²) in [6, 6.07) is 1.45. The van der Waals surface area contributed by atoms with Gasteiger partial charge >= 0.3 is 0 Å². The maximum atomic E-state index is 12.8. The highest BCUT2D eigenvalue weighted by Crippen LogP contribution is 2.30. The van der Waals surface area contributed by atoms with Crippen LogP contribution < -0.4 is 5.32 Å². The van der Waals surface area contributed by atoms with Gasteiger partial charge in [0.2, 0.25) is 10.0 Å². The Morgan fingerprint density at radius 1 is 1.55 bits per heavy atom. The molecule has 1 aromatic rings. The van der Waals surface area contributed by atoms with Crippen LogP contribution in [0.5, 0.6) is 0 Å². The van der Waals surface area contributed by atoms with Gasteiger partial charge in [-0.05, 0) is 29.4 Å². The third-order valence-electron chi connectivity index (χ3n) is 3.29. The Labute approximate surface area is 127 Å². The lowest BCUT2D eigenvalue weighted by Crippen LogP contribution is -2.48. The molecule has 114 valence electrons. The van der Waals surface area contributed by atoms with Gasteiger partial charge in [-0.2, -0.15) is 4.31 Å². The van der Waals surface area contributed by atoms with E-state index in [0.29, 0.717) is 32.1 Å². The molecule has 1 aliphatic rings.